The van der Waals surface area contributed by atoms with E-state index in [2.05, 4.69) is 9.62 Å². The van der Waals surface area contributed by atoms with Crippen molar-refractivity contribution in [2.24, 2.45) is 0 Å². The maximum absolute atomic E-state index is 12.3. The Kier molecular flexibility index (Phi) is 6.42. The molecule has 1 N–H and O–H groups in total. The summed E-state index contributed by atoms with van der Waals surface area (Å²) in [6.07, 6.45) is 0. The summed E-state index contributed by atoms with van der Waals surface area (Å²) in [5, 5.41) is 3.78. The quantitative estimate of drug-likeness (QED) is 0.776. The van der Waals surface area contributed by atoms with Crippen molar-refractivity contribution in [1.82, 2.24) is 14.5 Å². The van der Waals surface area contributed by atoms with Crippen LogP contribution in [-0.4, -0.2) is 63.4 Å². The number of amides is 1. The molecule has 0 unspecified atom stereocenters. The van der Waals surface area contributed by atoms with Crippen molar-refractivity contribution in [3.63, 3.8) is 0 Å². The predicted molar refractivity (Wildman–Crippen MR) is 104 cm³/mol. The summed E-state index contributed by atoms with van der Waals surface area (Å²) >= 11 is 1.52. The predicted octanol–water partition coefficient (Wildman–Crippen LogP) is 1.63. The molecule has 140 valence electrons. The average molecular weight is 394 g/mol. The van der Waals surface area contributed by atoms with Crippen LogP contribution in [0, 0.1) is 0 Å². The van der Waals surface area contributed by atoms with Crippen molar-refractivity contribution in [1.29, 1.82) is 0 Å². The topological polar surface area (TPSA) is 69.7 Å². The maximum atomic E-state index is 12.3. The maximum Gasteiger partial charge on any atom is 0.254 e. The van der Waals surface area contributed by atoms with E-state index in [1.54, 1.807) is 0 Å². The third-order valence-corrected chi connectivity index (χ3v) is 6.42. The summed E-state index contributed by atoms with van der Waals surface area (Å²) in [6, 6.07) is 11.0. The summed E-state index contributed by atoms with van der Waals surface area (Å²) < 4.78 is 26.9. The number of hydrogen-bond donors (Lipinski definition) is 1. The molecular weight excluding hydrogens is 370 g/mol. The molecule has 1 aromatic carbocycles. The second-order valence-electron chi connectivity index (χ2n) is 6.28. The summed E-state index contributed by atoms with van der Waals surface area (Å²) in [6.45, 7) is 3.89. The fraction of sp³-hybridized carbons (Fsp3) is 0.389. The Bertz CT molecular complexity index is 799. The van der Waals surface area contributed by atoms with Gasteiger partial charge in [0, 0.05) is 44.6 Å². The van der Waals surface area contributed by atoms with Crippen LogP contribution in [0.2, 0.25) is 0 Å². The van der Waals surface area contributed by atoms with Crippen LogP contribution in [0.3, 0.4) is 0 Å². The molecule has 0 bridgehead atoms. The van der Waals surface area contributed by atoms with Crippen molar-refractivity contribution in [3.05, 3.63) is 58.3 Å². The molecule has 0 saturated carbocycles. The second-order valence-corrected chi connectivity index (χ2v) is 8.87. The minimum Gasteiger partial charge on any atom is -0.336 e. The molecule has 0 atom stereocenters. The number of benzene rings is 1. The number of rotatable bonds is 7. The molecule has 1 amide bonds. The van der Waals surface area contributed by atoms with Crippen molar-refractivity contribution < 1.29 is 13.2 Å². The zero-order valence-electron chi connectivity index (χ0n) is 14.5. The third-order valence-electron chi connectivity index (χ3n) is 4.38. The highest BCUT2D eigenvalue weighted by Crippen LogP contribution is 2.12. The van der Waals surface area contributed by atoms with Crippen LogP contribution in [0.25, 0.3) is 0 Å². The molecule has 1 aliphatic heterocycles. The fourth-order valence-corrected chi connectivity index (χ4v) is 4.71. The zero-order valence-corrected chi connectivity index (χ0v) is 16.1. The van der Waals surface area contributed by atoms with E-state index in [9.17, 15) is 13.2 Å². The molecule has 1 fully saturated rings. The van der Waals surface area contributed by atoms with Crippen molar-refractivity contribution in [2.45, 2.75) is 5.75 Å². The van der Waals surface area contributed by atoms with Gasteiger partial charge in [-0.3, -0.25) is 9.69 Å². The first-order valence-electron chi connectivity index (χ1n) is 8.58. The lowest BCUT2D eigenvalue weighted by Crippen LogP contribution is -2.50. The molecule has 0 aliphatic carbocycles. The van der Waals surface area contributed by atoms with E-state index in [0.717, 1.165) is 24.2 Å². The lowest BCUT2D eigenvalue weighted by molar-refractivity contribution is 0.0640. The molecule has 0 radical (unpaired) electrons. The Labute approximate surface area is 158 Å². The van der Waals surface area contributed by atoms with Gasteiger partial charge in [0.1, 0.15) is 0 Å². The number of sulfonamides is 1. The van der Waals surface area contributed by atoms with E-state index in [-0.39, 0.29) is 11.7 Å². The van der Waals surface area contributed by atoms with Gasteiger partial charge in [-0.1, -0.05) is 30.3 Å². The van der Waals surface area contributed by atoms with Crippen LogP contribution < -0.4 is 4.72 Å². The van der Waals surface area contributed by atoms with Gasteiger partial charge in [0.15, 0.2) is 0 Å². The summed E-state index contributed by atoms with van der Waals surface area (Å²) in [7, 11) is -3.33. The van der Waals surface area contributed by atoms with Gasteiger partial charge < -0.3 is 4.90 Å². The first-order valence-corrected chi connectivity index (χ1v) is 11.2. The molecule has 2 aromatic rings. The van der Waals surface area contributed by atoms with E-state index in [4.69, 9.17) is 0 Å². The van der Waals surface area contributed by atoms with Gasteiger partial charge in [0.05, 0.1) is 11.3 Å². The minimum absolute atomic E-state index is 0.00321. The Morgan fingerprint density at radius 1 is 1.08 bits per heavy atom. The zero-order chi connectivity index (χ0) is 18.4. The van der Waals surface area contributed by atoms with Gasteiger partial charge in [-0.2, -0.15) is 11.3 Å². The molecule has 8 heteroatoms. The monoisotopic (exact) mass is 393 g/mol. The van der Waals surface area contributed by atoms with Gasteiger partial charge in [0.2, 0.25) is 10.0 Å². The normalized spacial score (nSPS) is 15.9. The van der Waals surface area contributed by atoms with E-state index < -0.39 is 10.0 Å². The third kappa shape index (κ3) is 5.38. The van der Waals surface area contributed by atoms with Crippen molar-refractivity contribution in [3.8, 4) is 0 Å². The number of carbonyl (C=O) groups excluding carboxylic acids is 1. The molecule has 6 nitrogen and oxygen atoms in total. The lowest BCUT2D eigenvalue weighted by Gasteiger charge is -2.34. The van der Waals surface area contributed by atoms with E-state index in [1.807, 2.05) is 52.1 Å². The SMILES string of the molecule is O=C(c1ccsc1)N1CCN(CCNS(=O)(=O)Cc2ccccc2)CC1. The van der Waals surface area contributed by atoms with E-state index in [0.29, 0.717) is 26.2 Å². The van der Waals surface area contributed by atoms with Crippen LogP contribution in [0.15, 0.2) is 47.2 Å². The number of nitrogens with zero attached hydrogens (tertiary/aromatic N) is 2. The summed E-state index contributed by atoms with van der Waals surface area (Å²) in [5.74, 6) is 0.0750. The molecule has 0 spiro atoms. The molecule has 1 saturated heterocycles. The van der Waals surface area contributed by atoms with Crippen molar-refractivity contribution in [2.75, 3.05) is 39.3 Å². The Hall–Kier alpha value is -1.74. The second kappa shape index (κ2) is 8.77. The molecular formula is C18H23N3O3S2. The minimum atomic E-state index is -3.33. The van der Waals surface area contributed by atoms with Gasteiger partial charge in [-0.05, 0) is 17.0 Å². The Morgan fingerprint density at radius 2 is 1.81 bits per heavy atom. The summed E-state index contributed by atoms with van der Waals surface area (Å²) in [5.41, 5.74) is 1.53. The lowest BCUT2D eigenvalue weighted by atomic mass is 10.2. The number of thiophene rings is 1. The smallest absolute Gasteiger partial charge is 0.254 e. The van der Waals surface area contributed by atoms with Crippen LogP contribution in [-0.2, 0) is 15.8 Å². The average Bonchev–Trinajstić information content (AvgIpc) is 3.17. The fourth-order valence-electron chi connectivity index (χ4n) is 2.95. The highest BCUT2D eigenvalue weighted by atomic mass is 32.2. The highest BCUT2D eigenvalue weighted by molar-refractivity contribution is 7.88. The summed E-state index contributed by atoms with van der Waals surface area (Å²) in [4.78, 5) is 16.4. The number of carbonyl (C=O) groups is 1. The Balaban J connectivity index is 1.39. The van der Waals surface area contributed by atoms with Crippen LogP contribution >= 0.6 is 11.3 Å². The van der Waals surface area contributed by atoms with Crippen LogP contribution in [0.5, 0.6) is 0 Å². The number of piperazine rings is 1. The van der Waals surface area contributed by atoms with Gasteiger partial charge >= 0.3 is 0 Å². The standard InChI is InChI=1S/C18H23N3O3S2/c22-18(17-6-13-25-14-17)21-11-9-20(10-12-21)8-7-19-26(23,24)15-16-4-2-1-3-5-16/h1-6,13-14,19H,7-12,15H2. The van der Waals surface area contributed by atoms with Crippen LogP contribution in [0.4, 0.5) is 0 Å². The molecule has 2 heterocycles. The number of nitrogens with one attached hydrogen (secondary N) is 1. The van der Waals surface area contributed by atoms with E-state index in [1.165, 1.54) is 11.3 Å². The van der Waals surface area contributed by atoms with Crippen LogP contribution in [0.1, 0.15) is 15.9 Å². The highest BCUT2D eigenvalue weighted by Gasteiger charge is 2.22. The first kappa shape index (κ1) is 19.0. The van der Waals surface area contributed by atoms with Crippen molar-refractivity contribution >= 4 is 27.3 Å². The van der Waals surface area contributed by atoms with Gasteiger partial charge in [0.25, 0.3) is 5.91 Å². The van der Waals surface area contributed by atoms with Gasteiger partial charge in [-0.15, -0.1) is 0 Å². The van der Waals surface area contributed by atoms with Gasteiger partial charge in [-0.25, -0.2) is 13.1 Å². The Morgan fingerprint density at radius 3 is 2.46 bits per heavy atom. The molecule has 1 aliphatic rings. The molecule has 26 heavy (non-hydrogen) atoms. The molecule has 1 aromatic heterocycles. The molecule has 3 rings (SSSR count). The van der Waals surface area contributed by atoms with E-state index >= 15 is 0 Å². The number of hydrogen-bond acceptors (Lipinski definition) is 5. The first-order chi connectivity index (χ1) is 12.5. The largest absolute Gasteiger partial charge is 0.336 e.